The largest absolute Gasteiger partial charge is 0.481 e. The Bertz CT molecular complexity index is 431. The van der Waals surface area contributed by atoms with Gasteiger partial charge in [0.2, 0.25) is 5.91 Å². The molecule has 2 unspecified atom stereocenters. The van der Waals surface area contributed by atoms with E-state index < -0.39 is 27.0 Å². The topological polar surface area (TPSA) is 91.8 Å². The molecule has 104 valence electrons. The van der Waals surface area contributed by atoms with Crippen molar-refractivity contribution in [2.24, 2.45) is 5.92 Å². The first-order chi connectivity index (χ1) is 8.21. The molecule has 18 heavy (non-hydrogen) atoms. The number of carboxylic acid groups (broad SMARTS) is 1. The van der Waals surface area contributed by atoms with Crippen molar-refractivity contribution in [2.75, 3.05) is 19.3 Å². The van der Waals surface area contributed by atoms with Gasteiger partial charge in [0.25, 0.3) is 0 Å². The molecule has 0 aromatic carbocycles. The Morgan fingerprint density at radius 1 is 1.44 bits per heavy atom. The summed E-state index contributed by atoms with van der Waals surface area (Å²) in [5, 5.41) is 7.68. The number of nitrogens with zero attached hydrogens (tertiary/aromatic N) is 1. The minimum atomic E-state index is -3.40. The fourth-order valence-electron chi connectivity index (χ4n) is 2.12. The number of rotatable bonds is 4. The van der Waals surface area contributed by atoms with Crippen molar-refractivity contribution < 1.29 is 23.1 Å². The molecule has 0 aromatic heterocycles. The Labute approximate surface area is 107 Å². The van der Waals surface area contributed by atoms with E-state index in [0.29, 0.717) is 13.1 Å². The van der Waals surface area contributed by atoms with E-state index in [-0.39, 0.29) is 12.3 Å². The Hall–Kier alpha value is -1.11. The molecule has 1 heterocycles. The summed E-state index contributed by atoms with van der Waals surface area (Å²) in [4.78, 5) is 24.1. The van der Waals surface area contributed by atoms with Gasteiger partial charge < -0.3 is 10.0 Å². The predicted octanol–water partition coefficient (Wildman–Crippen LogP) is 0.133. The summed E-state index contributed by atoms with van der Waals surface area (Å²) in [7, 11) is -3.40. The molecule has 1 aliphatic heterocycles. The van der Waals surface area contributed by atoms with E-state index in [4.69, 9.17) is 5.11 Å². The van der Waals surface area contributed by atoms with Crippen LogP contribution in [0.4, 0.5) is 0 Å². The number of carboxylic acids is 1. The quantitative estimate of drug-likeness (QED) is 0.788. The van der Waals surface area contributed by atoms with Gasteiger partial charge in [0.05, 0.1) is 0 Å². The number of aliphatic carboxylic acids is 1. The summed E-state index contributed by atoms with van der Waals surface area (Å²) in [5.41, 5.74) is 0. The standard InChI is InChI=1S/C11H19NO5S/c1-8(18(2,16)17)11(15)12-5-3-4-9(7-12)6-10(13)14/h8-9H,3-7H2,1-2H3,(H,13,14). The van der Waals surface area contributed by atoms with Gasteiger partial charge in [0, 0.05) is 25.8 Å². The lowest BCUT2D eigenvalue weighted by molar-refractivity contribution is -0.140. The normalized spacial score (nSPS) is 22.6. The fraction of sp³-hybridized carbons (Fsp3) is 0.818. The highest BCUT2D eigenvalue weighted by molar-refractivity contribution is 7.92. The molecule has 0 radical (unpaired) electrons. The molecule has 0 spiro atoms. The molecule has 1 saturated heterocycles. The molecule has 0 saturated carbocycles. The molecule has 0 aliphatic carbocycles. The summed E-state index contributed by atoms with van der Waals surface area (Å²) >= 11 is 0. The fourth-order valence-corrected chi connectivity index (χ4v) is 2.63. The van der Waals surface area contributed by atoms with Crippen molar-refractivity contribution in [1.29, 1.82) is 0 Å². The van der Waals surface area contributed by atoms with Crippen LogP contribution in [0.3, 0.4) is 0 Å². The van der Waals surface area contributed by atoms with E-state index in [9.17, 15) is 18.0 Å². The first kappa shape index (κ1) is 14.9. The number of likely N-dealkylation sites (tertiary alicyclic amines) is 1. The Balaban J connectivity index is 2.67. The van der Waals surface area contributed by atoms with Crippen molar-refractivity contribution in [2.45, 2.75) is 31.4 Å². The summed E-state index contributed by atoms with van der Waals surface area (Å²) in [6.07, 6.45) is 2.55. The van der Waals surface area contributed by atoms with Gasteiger partial charge in [-0.25, -0.2) is 8.42 Å². The van der Waals surface area contributed by atoms with E-state index in [1.54, 1.807) is 0 Å². The zero-order valence-electron chi connectivity index (χ0n) is 10.6. The molecular weight excluding hydrogens is 258 g/mol. The lowest BCUT2D eigenvalue weighted by atomic mass is 9.95. The van der Waals surface area contributed by atoms with Gasteiger partial charge in [-0.3, -0.25) is 9.59 Å². The SMILES string of the molecule is CC(C(=O)N1CCCC(CC(=O)O)C1)S(C)(=O)=O. The summed E-state index contributed by atoms with van der Waals surface area (Å²) < 4.78 is 22.7. The summed E-state index contributed by atoms with van der Waals surface area (Å²) in [6.45, 7) is 2.22. The second kappa shape index (κ2) is 5.69. The smallest absolute Gasteiger partial charge is 0.303 e. The lowest BCUT2D eigenvalue weighted by Crippen LogP contribution is -2.46. The maximum Gasteiger partial charge on any atom is 0.303 e. The van der Waals surface area contributed by atoms with Crippen molar-refractivity contribution in [3.63, 3.8) is 0 Å². The second-order valence-electron chi connectivity index (χ2n) is 4.86. The average Bonchev–Trinajstić information content (AvgIpc) is 2.25. The summed E-state index contributed by atoms with van der Waals surface area (Å²) in [6, 6.07) is 0. The van der Waals surface area contributed by atoms with Crippen LogP contribution in [0.15, 0.2) is 0 Å². The Morgan fingerprint density at radius 2 is 2.06 bits per heavy atom. The van der Waals surface area contributed by atoms with Gasteiger partial charge in [-0.05, 0) is 25.7 Å². The predicted molar refractivity (Wildman–Crippen MR) is 65.9 cm³/mol. The zero-order valence-corrected chi connectivity index (χ0v) is 11.4. The molecule has 0 aromatic rings. The molecule has 1 amide bonds. The van der Waals surface area contributed by atoms with Crippen molar-refractivity contribution >= 4 is 21.7 Å². The van der Waals surface area contributed by atoms with Crippen molar-refractivity contribution in [3.05, 3.63) is 0 Å². The van der Waals surface area contributed by atoms with Gasteiger partial charge in [0.15, 0.2) is 9.84 Å². The number of amides is 1. The highest BCUT2D eigenvalue weighted by atomic mass is 32.2. The molecule has 0 bridgehead atoms. The van der Waals surface area contributed by atoms with Crippen molar-refractivity contribution in [1.82, 2.24) is 4.90 Å². The number of carbonyl (C=O) groups excluding carboxylic acids is 1. The van der Waals surface area contributed by atoms with E-state index in [1.165, 1.54) is 11.8 Å². The Kier molecular flexibility index (Phi) is 4.72. The lowest BCUT2D eigenvalue weighted by Gasteiger charge is -2.33. The minimum Gasteiger partial charge on any atom is -0.481 e. The highest BCUT2D eigenvalue weighted by Crippen LogP contribution is 2.21. The number of hydrogen-bond donors (Lipinski definition) is 1. The van der Waals surface area contributed by atoms with Gasteiger partial charge in [-0.1, -0.05) is 0 Å². The van der Waals surface area contributed by atoms with Crippen LogP contribution >= 0.6 is 0 Å². The molecule has 1 rings (SSSR count). The first-order valence-corrected chi connectivity index (χ1v) is 7.86. The van der Waals surface area contributed by atoms with Crippen LogP contribution in [0.5, 0.6) is 0 Å². The molecule has 1 fully saturated rings. The number of hydrogen-bond acceptors (Lipinski definition) is 4. The van der Waals surface area contributed by atoms with E-state index in [0.717, 1.165) is 19.1 Å². The third-order valence-corrected chi connectivity index (χ3v) is 4.77. The van der Waals surface area contributed by atoms with E-state index >= 15 is 0 Å². The molecule has 7 heteroatoms. The van der Waals surface area contributed by atoms with Gasteiger partial charge in [-0.2, -0.15) is 0 Å². The minimum absolute atomic E-state index is 0.0248. The van der Waals surface area contributed by atoms with Gasteiger partial charge >= 0.3 is 5.97 Å². The van der Waals surface area contributed by atoms with Crippen LogP contribution in [0, 0.1) is 5.92 Å². The number of piperidine rings is 1. The molecule has 2 atom stereocenters. The second-order valence-corrected chi connectivity index (χ2v) is 7.23. The van der Waals surface area contributed by atoms with Crippen LogP contribution < -0.4 is 0 Å². The average molecular weight is 277 g/mol. The Morgan fingerprint density at radius 3 is 2.56 bits per heavy atom. The number of carbonyl (C=O) groups is 2. The van der Waals surface area contributed by atoms with E-state index in [2.05, 4.69) is 0 Å². The third kappa shape index (κ3) is 3.97. The maximum atomic E-state index is 12.0. The van der Waals surface area contributed by atoms with Crippen LogP contribution in [0.1, 0.15) is 26.2 Å². The zero-order chi connectivity index (χ0) is 13.9. The molecule has 6 nitrogen and oxygen atoms in total. The summed E-state index contributed by atoms with van der Waals surface area (Å²) in [5.74, 6) is -1.38. The number of sulfone groups is 1. The van der Waals surface area contributed by atoms with E-state index in [1.807, 2.05) is 0 Å². The van der Waals surface area contributed by atoms with Crippen LogP contribution in [0.25, 0.3) is 0 Å². The molecule has 1 aliphatic rings. The van der Waals surface area contributed by atoms with Gasteiger partial charge in [-0.15, -0.1) is 0 Å². The first-order valence-electron chi connectivity index (χ1n) is 5.91. The van der Waals surface area contributed by atoms with Crippen LogP contribution in [0.2, 0.25) is 0 Å². The van der Waals surface area contributed by atoms with Crippen LogP contribution in [-0.4, -0.2) is 54.9 Å². The molecular formula is C11H19NO5S. The van der Waals surface area contributed by atoms with Crippen LogP contribution in [-0.2, 0) is 19.4 Å². The maximum absolute atomic E-state index is 12.0. The van der Waals surface area contributed by atoms with Crippen molar-refractivity contribution in [3.8, 4) is 0 Å². The molecule has 1 N–H and O–H groups in total. The highest BCUT2D eigenvalue weighted by Gasteiger charge is 2.32. The van der Waals surface area contributed by atoms with Gasteiger partial charge in [0.1, 0.15) is 5.25 Å². The third-order valence-electron chi connectivity index (χ3n) is 3.28. The monoisotopic (exact) mass is 277 g/mol.